The highest BCUT2D eigenvalue weighted by molar-refractivity contribution is 5.88. The fraction of sp³-hybridized carbons (Fsp3) is 0.348. The van der Waals surface area contributed by atoms with Crippen molar-refractivity contribution in [2.45, 2.75) is 32.2 Å². The number of rotatable bonds is 5. The van der Waals surface area contributed by atoms with Crippen molar-refractivity contribution < 1.29 is 13.9 Å². The Morgan fingerprint density at radius 1 is 1.29 bits per heavy atom. The number of nitrogens with one attached hydrogen (secondary N) is 1. The van der Waals surface area contributed by atoms with Gasteiger partial charge in [-0.25, -0.2) is 0 Å². The van der Waals surface area contributed by atoms with Crippen LogP contribution < -0.4 is 15.0 Å². The third kappa shape index (κ3) is 3.98. The Labute approximate surface area is 165 Å². The number of anilines is 1. The van der Waals surface area contributed by atoms with Gasteiger partial charge in [-0.1, -0.05) is 18.2 Å². The molecule has 0 saturated carbocycles. The minimum Gasteiger partial charge on any atom is -0.497 e. The van der Waals surface area contributed by atoms with Crippen molar-refractivity contribution in [3.05, 3.63) is 59.9 Å². The number of carbonyl (C=O) groups is 1. The monoisotopic (exact) mass is 378 g/mol. The third-order valence-electron chi connectivity index (χ3n) is 5.37. The maximum absolute atomic E-state index is 12.6. The van der Waals surface area contributed by atoms with Crippen LogP contribution in [0.3, 0.4) is 0 Å². The molecule has 5 nitrogen and oxygen atoms in total. The molecule has 0 bridgehead atoms. The van der Waals surface area contributed by atoms with Crippen LogP contribution in [0.15, 0.2) is 53.1 Å². The Hall–Kier alpha value is -2.95. The second kappa shape index (κ2) is 7.97. The van der Waals surface area contributed by atoms with Crippen LogP contribution in [0, 0.1) is 6.92 Å². The first-order chi connectivity index (χ1) is 13.6. The van der Waals surface area contributed by atoms with Gasteiger partial charge in [0.25, 0.3) is 0 Å². The van der Waals surface area contributed by atoms with Crippen LogP contribution in [-0.4, -0.2) is 32.1 Å². The summed E-state index contributed by atoms with van der Waals surface area (Å²) in [5, 5.41) is 4.22. The molecule has 146 valence electrons. The smallest absolute Gasteiger partial charge is 0.224 e. The van der Waals surface area contributed by atoms with Crippen molar-refractivity contribution in [2.24, 2.45) is 0 Å². The molecule has 1 fully saturated rings. The number of hydrogen-bond acceptors (Lipinski definition) is 4. The van der Waals surface area contributed by atoms with Gasteiger partial charge in [0.2, 0.25) is 5.91 Å². The summed E-state index contributed by atoms with van der Waals surface area (Å²) in [6, 6.07) is 14.3. The van der Waals surface area contributed by atoms with Gasteiger partial charge in [-0.3, -0.25) is 4.79 Å². The molecule has 1 aromatic heterocycles. The van der Waals surface area contributed by atoms with E-state index in [0.29, 0.717) is 6.42 Å². The van der Waals surface area contributed by atoms with E-state index in [2.05, 4.69) is 16.3 Å². The molecular formula is C23H26N2O3. The molecule has 3 aromatic rings. The lowest BCUT2D eigenvalue weighted by Crippen LogP contribution is -2.48. The van der Waals surface area contributed by atoms with Gasteiger partial charge in [-0.15, -0.1) is 0 Å². The summed E-state index contributed by atoms with van der Waals surface area (Å²) in [7, 11) is 1.68. The highest BCUT2D eigenvalue weighted by Gasteiger charge is 2.22. The van der Waals surface area contributed by atoms with Gasteiger partial charge in [0.1, 0.15) is 11.3 Å². The number of aryl methyl sites for hydroxylation is 1. The number of hydrogen-bond donors (Lipinski definition) is 1. The first-order valence-electron chi connectivity index (χ1n) is 9.77. The Morgan fingerprint density at radius 2 is 2.18 bits per heavy atom. The maximum Gasteiger partial charge on any atom is 0.224 e. The lowest BCUT2D eigenvalue weighted by Gasteiger charge is -2.35. The molecule has 1 N–H and O–H groups in total. The summed E-state index contributed by atoms with van der Waals surface area (Å²) in [5.41, 5.74) is 4.06. The number of piperidine rings is 1. The zero-order valence-corrected chi connectivity index (χ0v) is 16.4. The predicted octanol–water partition coefficient (Wildman–Crippen LogP) is 4.08. The second-order valence-electron chi connectivity index (χ2n) is 7.49. The summed E-state index contributed by atoms with van der Waals surface area (Å²) in [6.07, 6.45) is 4.09. The standard InChI is InChI=1S/C23H26N2O3/c1-16-8-9-21-17(15-28-22(21)11-16)12-23(26)24-18-5-4-10-25(14-18)19-6-3-7-20(13-19)27-2/h3,6-9,11,13,15,18H,4-5,10,12,14H2,1-2H3,(H,24,26). The number of benzene rings is 2. The Bertz CT molecular complexity index is 979. The second-order valence-corrected chi connectivity index (χ2v) is 7.49. The fourth-order valence-electron chi connectivity index (χ4n) is 3.92. The number of fused-ring (bicyclic) bond motifs is 1. The Morgan fingerprint density at radius 3 is 3.04 bits per heavy atom. The Kier molecular flexibility index (Phi) is 5.24. The molecule has 1 amide bonds. The fourth-order valence-corrected chi connectivity index (χ4v) is 3.92. The summed E-state index contributed by atoms with van der Waals surface area (Å²) < 4.78 is 11.0. The molecule has 1 aliphatic rings. The molecule has 4 rings (SSSR count). The number of nitrogens with zero attached hydrogens (tertiary/aromatic N) is 1. The van der Waals surface area contributed by atoms with E-state index in [4.69, 9.17) is 9.15 Å². The van der Waals surface area contributed by atoms with Crippen molar-refractivity contribution in [1.82, 2.24) is 5.32 Å². The summed E-state index contributed by atoms with van der Waals surface area (Å²) in [6.45, 7) is 3.83. The minimum absolute atomic E-state index is 0.0424. The zero-order valence-electron chi connectivity index (χ0n) is 16.4. The van der Waals surface area contributed by atoms with Gasteiger partial charge < -0.3 is 19.4 Å². The lowest BCUT2D eigenvalue weighted by atomic mass is 10.0. The molecule has 1 aliphatic heterocycles. The van der Waals surface area contributed by atoms with E-state index in [-0.39, 0.29) is 11.9 Å². The number of furan rings is 1. The van der Waals surface area contributed by atoms with Crippen molar-refractivity contribution in [1.29, 1.82) is 0 Å². The molecule has 1 atom stereocenters. The van der Waals surface area contributed by atoms with E-state index >= 15 is 0 Å². The van der Waals surface area contributed by atoms with Crippen molar-refractivity contribution in [3.8, 4) is 5.75 Å². The van der Waals surface area contributed by atoms with Crippen LogP contribution in [0.5, 0.6) is 5.75 Å². The van der Waals surface area contributed by atoms with E-state index in [9.17, 15) is 4.79 Å². The van der Waals surface area contributed by atoms with E-state index in [1.165, 1.54) is 0 Å². The number of carbonyl (C=O) groups excluding carboxylic acids is 1. The average Bonchev–Trinajstić information content (AvgIpc) is 3.09. The van der Waals surface area contributed by atoms with Gasteiger partial charge in [0, 0.05) is 41.8 Å². The minimum atomic E-state index is 0.0424. The largest absolute Gasteiger partial charge is 0.497 e. The molecule has 0 aliphatic carbocycles. The highest BCUT2D eigenvalue weighted by Crippen LogP contribution is 2.25. The van der Waals surface area contributed by atoms with Gasteiger partial charge in [0.05, 0.1) is 19.8 Å². The first kappa shape index (κ1) is 18.4. The topological polar surface area (TPSA) is 54.7 Å². The van der Waals surface area contributed by atoms with Crippen molar-refractivity contribution in [2.75, 3.05) is 25.1 Å². The molecule has 1 saturated heterocycles. The van der Waals surface area contributed by atoms with Crippen molar-refractivity contribution >= 4 is 22.6 Å². The van der Waals surface area contributed by atoms with E-state index in [0.717, 1.165) is 59.5 Å². The van der Waals surface area contributed by atoms with Crippen LogP contribution in [-0.2, 0) is 11.2 Å². The van der Waals surface area contributed by atoms with Gasteiger partial charge >= 0.3 is 0 Å². The van der Waals surface area contributed by atoms with Crippen LogP contribution in [0.1, 0.15) is 24.0 Å². The average molecular weight is 378 g/mol. The molecule has 1 unspecified atom stereocenters. The summed E-state index contributed by atoms with van der Waals surface area (Å²) in [5.74, 6) is 0.895. The Balaban J connectivity index is 1.39. The molecular weight excluding hydrogens is 352 g/mol. The van der Waals surface area contributed by atoms with Gasteiger partial charge in [-0.2, -0.15) is 0 Å². The SMILES string of the molecule is COc1cccc(N2CCCC(NC(=O)Cc3coc4cc(C)ccc34)C2)c1. The van der Waals surface area contributed by atoms with Crippen LogP contribution >= 0.6 is 0 Å². The summed E-state index contributed by atoms with van der Waals surface area (Å²) in [4.78, 5) is 15.0. The van der Waals surface area contributed by atoms with Crippen LogP contribution in [0.2, 0.25) is 0 Å². The molecule has 28 heavy (non-hydrogen) atoms. The van der Waals surface area contributed by atoms with Crippen LogP contribution in [0.4, 0.5) is 5.69 Å². The summed E-state index contributed by atoms with van der Waals surface area (Å²) >= 11 is 0. The molecule has 0 radical (unpaired) electrons. The predicted molar refractivity (Wildman–Crippen MR) is 111 cm³/mol. The number of ether oxygens (including phenoxy) is 1. The lowest BCUT2D eigenvalue weighted by molar-refractivity contribution is -0.121. The number of methoxy groups -OCH3 is 1. The van der Waals surface area contributed by atoms with Crippen molar-refractivity contribution in [3.63, 3.8) is 0 Å². The third-order valence-corrected chi connectivity index (χ3v) is 5.37. The first-order valence-corrected chi connectivity index (χ1v) is 9.77. The quantitative estimate of drug-likeness (QED) is 0.727. The molecule has 5 heteroatoms. The van der Waals surface area contributed by atoms with E-state index < -0.39 is 0 Å². The zero-order chi connectivity index (χ0) is 19.5. The van der Waals surface area contributed by atoms with E-state index in [1.54, 1.807) is 13.4 Å². The van der Waals surface area contributed by atoms with Crippen LogP contribution in [0.25, 0.3) is 11.0 Å². The normalized spacial score (nSPS) is 16.9. The van der Waals surface area contributed by atoms with E-state index in [1.807, 2.05) is 43.3 Å². The highest BCUT2D eigenvalue weighted by atomic mass is 16.5. The van der Waals surface area contributed by atoms with Gasteiger partial charge in [-0.05, 0) is 43.5 Å². The number of amides is 1. The maximum atomic E-state index is 12.6. The molecule has 2 aromatic carbocycles. The molecule has 2 heterocycles. The van der Waals surface area contributed by atoms with Gasteiger partial charge in [0.15, 0.2) is 0 Å². The molecule has 0 spiro atoms.